The second kappa shape index (κ2) is 8.82. The van der Waals surface area contributed by atoms with Crippen LogP contribution in [0.5, 0.6) is 0 Å². The van der Waals surface area contributed by atoms with Crippen molar-refractivity contribution in [3.63, 3.8) is 0 Å². The van der Waals surface area contributed by atoms with E-state index in [-0.39, 0.29) is 34.5 Å². The number of hydrogen-bond acceptors (Lipinski definition) is 4. The van der Waals surface area contributed by atoms with E-state index < -0.39 is 10.0 Å². The van der Waals surface area contributed by atoms with E-state index in [1.165, 1.54) is 23.1 Å². The molecule has 8 heteroatoms. The molecule has 3 rings (SSSR count). The van der Waals surface area contributed by atoms with E-state index >= 15 is 0 Å². The highest BCUT2D eigenvalue weighted by molar-refractivity contribution is 7.89. The lowest BCUT2D eigenvalue weighted by molar-refractivity contribution is 0.0774. The van der Waals surface area contributed by atoms with Crippen LogP contribution in [0.4, 0.5) is 0 Å². The second-order valence-corrected chi connectivity index (χ2v) is 8.77. The van der Waals surface area contributed by atoms with Gasteiger partial charge in [-0.25, -0.2) is 13.1 Å². The first-order valence-corrected chi connectivity index (χ1v) is 10.8. The van der Waals surface area contributed by atoms with Gasteiger partial charge in [-0.2, -0.15) is 0 Å². The zero-order valence-electron chi connectivity index (χ0n) is 16.1. The molecule has 0 aliphatic carbocycles. The van der Waals surface area contributed by atoms with Crippen molar-refractivity contribution < 1.29 is 17.6 Å². The highest BCUT2D eigenvalue weighted by Gasteiger charge is 2.21. The molecular formula is C21H21ClN2O4S. The van der Waals surface area contributed by atoms with Crippen molar-refractivity contribution in [2.75, 3.05) is 7.05 Å². The molecule has 3 aromatic rings. The molecule has 1 aromatic heterocycles. The zero-order valence-corrected chi connectivity index (χ0v) is 17.6. The molecule has 1 heterocycles. The number of furan rings is 1. The molecule has 29 heavy (non-hydrogen) atoms. The fourth-order valence-corrected chi connectivity index (χ4v) is 4.33. The van der Waals surface area contributed by atoms with Crippen molar-refractivity contribution in [3.05, 3.63) is 88.3 Å². The number of halogens is 1. The molecule has 0 saturated carbocycles. The van der Waals surface area contributed by atoms with Crippen LogP contribution in [-0.2, 0) is 23.1 Å². The van der Waals surface area contributed by atoms with Crippen molar-refractivity contribution >= 4 is 27.5 Å². The Labute approximate surface area is 175 Å². The van der Waals surface area contributed by atoms with Crippen LogP contribution in [0.15, 0.2) is 70.0 Å². The third kappa shape index (κ3) is 5.26. The van der Waals surface area contributed by atoms with E-state index in [1.54, 1.807) is 13.1 Å². The largest absolute Gasteiger partial charge is 0.464 e. The van der Waals surface area contributed by atoms with E-state index in [0.717, 1.165) is 11.3 Å². The molecule has 2 aromatic carbocycles. The van der Waals surface area contributed by atoms with Gasteiger partial charge in [0.1, 0.15) is 16.4 Å². The standard InChI is InChI=1S/C21H21ClN2O4S/c1-15-8-10-18(28-15)14-24(2)21(25)17-9-11-19(22)20(12-17)29(26,27)23-13-16-6-4-3-5-7-16/h3-12,23H,13-14H2,1-2H3. The Hall–Kier alpha value is -2.61. The predicted molar refractivity (Wildman–Crippen MR) is 111 cm³/mol. The van der Waals surface area contributed by atoms with Gasteiger partial charge in [0, 0.05) is 19.2 Å². The first-order valence-electron chi connectivity index (χ1n) is 8.90. The number of benzene rings is 2. The minimum absolute atomic E-state index is 0.0476. The summed E-state index contributed by atoms with van der Waals surface area (Å²) in [4.78, 5) is 14.1. The second-order valence-electron chi connectivity index (χ2n) is 6.63. The van der Waals surface area contributed by atoms with E-state index in [2.05, 4.69) is 4.72 Å². The Balaban J connectivity index is 1.78. The lowest BCUT2D eigenvalue weighted by atomic mass is 10.2. The first-order chi connectivity index (χ1) is 13.8. The summed E-state index contributed by atoms with van der Waals surface area (Å²) in [6.07, 6.45) is 0. The Morgan fingerprint density at radius 1 is 1.10 bits per heavy atom. The summed E-state index contributed by atoms with van der Waals surface area (Å²) in [5.41, 5.74) is 1.04. The summed E-state index contributed by atoms with van der Waals surface area (Å²) in [7, 11) is -2.28. The van der Waals surface area contributed by atoms with Gasteiger partial charge in [-0.15, -0.1) is 0 Å². The molecule has 6 nitrogen and oxygen atoms in total. The minimum atomic E-state index is -3.90. The average Bonchev–Trinajstić information content (AvgIpc) is 3.11. The number of aryl methyl sites for hydroxylation is 1. The quantitative estimate of drug-likeness (QED) is 0.612. The van der Waals surface area contributed by atoms with Crippen LogP contribution in [-0.4, -0.2) is 26.3 Å². The summed E-state index contributed by atoms with van der Waals surface area (Å²) < 4.78 is 33.5. The van der Waals surface area contributed by atoms with Gasteiger partial charge in [-0.05, 0) is 42.8 Å². The van der Waals surface area contributed by atoms with E-state index in [1.807, 2.05) is 43.3 Å². The van der Waals surface area contributed by atoms with E-state index in [0.29, 0.717) is 5.76 Å². The maximum absolute atomic E-state index is 12.8. The Kier molecular flexibility index (Phi) is 6.42. The molecular weight excluding hydrogens is 412 g/mol. The van der Waals surface area contributed by atoms with E-state index in [4.69, 9.17) is 16.0 Å². The maximum Gasteiger partial charge on any atom is 0.254 e. The van der Waals surface area contributed by atoms with E-state index in [9.17, 15) is 13.2 Å². The van der Waals surface area contributed by atoms with Crippen molar-refractivity contribution in [2.45, 2.75) is 24.9 Å². The zero-order chi connectivity index (χ0) is 21.0. The molecule has 0 aliphatic rings. The smallest absolute Gasteiger partial charge is 0.254 e. The van der Waals surface area contributed by atoms with Crippen molar-refractivity contribution in [3.8, 4) is 0 Å². The van der Waals surface area contributed by atoms with Gasteiger partial charge in [0.25, 0.3) is 5.91 Å². The fraction of sp³-hybridized carbons (Fsp3) is 0.190. The number of nitrogens with one attached hydrogen (secondary N) is 1. The van der Waals surface area contributed by atoms with Gasteiger partial charge >= 0.3 is 0 Å². The summed E-state index contributed by atoms with van der Waals surface area (Å²) in [6.45, 7) is 2.21. The first kappa shape index (κ1) is 21.1. The topological polar surface area (TPSA) is 79.6 Å². The van der Waals surface area contributed by atoms with Gasteiger partial charge in [0.05, 0.1) is 11.6 Å². The maximum atomic E-state index is 12.8. The lowest BCUT2D eigenvalue weighted by Crippen LogP contribution is -2.27. The van der Waals surface area contributed by atoms with Gasteiger partial charge in [0.15, 0.2) is 0 Å². The van der Waals surface area contributed by atoms with Crippen LogP contribution in [0.3, 0.4) is 0 Å². The number of hydrogen-bond donors (Lipinski definition) is 1. The summed E-state index contributed by atoms with van der Waals surface area (Å²) in [5, 5.41) is 0.0476. The lowest BCUT2D eigenvalue weighted by Gasteiger charge is -2.17. The molecule has 0 aliphatic heterocycles. The van der Waals surface area contributed by atoms with Crippen LogP contribution < -0.4 is 4.72 Å². The fourth-order valence-electron chi connectivity index (χ4n) is 2.79. The number of carbonyl (C=O) groups excluding carboxylic acids is 1. The molecule has 0 unspecified atom stereocenters. The average molecular weight is 433 g/mol. The Morgan fingerprint density at radius 2 is 1.83 bits per heavy atom. The molecule has 0 spiro atoms. The minimum Gasteiger partial charge on any atom is -0.464 e. The van der Waals surface area contributed by atoms with Crippen molar-refractivity contribution in [1.82, 2.24) is 9.62 Å². The number of amides is 1. The highest BCUT2D eigenvalue weighted by Crippen LogP contribution is 2.24. The molecule has 0 saturated heterocycles. The van der Waals surface area contributed by atoms with Gasteiger partial charge in [-0.3, -0.25) is 4.79 Å². The van der Waals surface area contributed by atoms with Gasteiger partial charge in [-0.1, -0.05) is 41.9 Å². The molecule has 1 amide bonds. The Bertz CT molecular complexity index is 1110. The molecule has 0 radical (unpaired) electrons. The third-order valence-corrected chi connectivity index (χ3v) is 6.20. The monoisotopic (exact) mass is 432 g/mol. The highest BCUT2D eigenvalue weighted by atomic mass is 35.5. The van der Waals surface area contributed by atoms with Crippen LogP contribution in [0, 0.1) is 6.92 Å². The van der Waals surface area contributed by atoms with Crippen molar-refractivity contribution in [2.24, 2.45) is 0 Å². The third-order valence-electron chi connectivity index (χ3n) is 4.31. The molecule has 0 bridgehead atoms. The Morgan fingerprint density at radius 3 is 2.48 bits per heavy atom. The molecule has 0 atom stereocenters. The number of rotatable bonds is 7. The number of sulfonamides is 1. The number of nitrogens with zero attached hydrogens (tertiary/aromatic N) is 1. The summed E-state index contributed by atoms with van der Waals surface area (Å²) >= 11 is 6.12. The van der Waals surface area contributed by atoms with Crippen LogP contribution in [0.1, 0.15) is 27.4 Å². The van der Waals surface area contributed by atoms with Crippen LogP contribution in [0.25, 0.3) is 0 Å². The van der Waals surface area contributed by atoms with Gasteiger partial charge in [0.2, 0.25) is 10.0 Å². The molecule has 0 fully saturated rings. The van der Waals surface area contributed by atoms with Crippen molar-refractivity contribution in [1.29, 1.82) is 0 Å². The SMILES string of the molecule is Cc1ccc(CN(C)C(=O)c2ccc(Cl)c(S(=O)(=O)NCc3ccccc3)c2)o1. The number of carbonyl (C=O) groups is 1. The summed E-state index contributed by atoms with van der Waals surface area (Å²) in [6, 6.07) is 17.0. The van der Waals surface area contributed by atoms with Crippen LogP contribution in [0.2, 0.25) is 5.02 Å². The normalized spacial score (nSPS) is 11.4. The molecule has 1 N–H and O–H groups in total. The van der Waals surface area contributed by atoms with Crippen LogP contribution >= 0.6 is 11.6 Å². The predicted octanol–water partition coefficient (Wildman–Crippen LogP) is 3.99. The summed E-state index contributed by atoms with van der Waals surface area (Å²) in [5.74, 6) is 1.06. The molecule has 152 valence electrons. The van der Waals surface area contributed by atoms with Gasteiger partial charge < -0.3 is 9.32 Å².